The van der Waals surface area contributed by atoms with Gasteiger partial charge in [0.05, 0.1) is 7.11 Å². The van der Waals surface area contributed by atoms with Gasteiger partial charge in [-0.3, -0.25) is 14.9 Å². The van der Waals surface area contributed by atoms with Crippen LogP contribution in [0.3, 0.4) is 0 Å². The van der Waals surface area contributed by atoms with E-state index in [1.54, 1.807) is 79.9 Å². The number of hydrogen-bond donors (Lipinski definition) is 3. The predicted octanol–water partition coefficient (Wildman–Crippen LogP) is 4.07. The molecule has 29 heavy (non-hydrogen) atoms. The lowest BCUT2D eigenvalue weighted by atomic mass is 10.2. The molecule has 6 nitrogen and oxygen atoms in total. The van der Waals surface area contributed by atoms with Crippen molar-refractivity contribution in [1.82, 2.24) is 5.32 Å². The molecule has 0 heterocycles. The van der Waals surface area contributed by atoms with Crippen LogP contribution in [-0.4, -0.2) is 24.0 Å². The number of benzene rings is 3. The first-order valence-corrected chi connectivity index (χ1v) is 9.19. The van der Waals surface area contributed by atoms with Gasteiger partial charge in [-0.2, -0.15) is 0 Å². The third kappa shape index (κ3) is 5.63. The summed E-state index contributed by atoms with van der Waals surface area (Å²) in [6.07, 6.45) is 0. The summed E-state index contributed by atoms with van der Waals surface area (Å²) in [7, 11) is 1.56. The smallest absolute Gasteiger partial charge is 0.257 e. The van der Waals surface area contributed by atoms with Crippen molar-refractivity contribution in [2.45, 2.75) is 0 Å². The van der Waals surface area contributed by atoms with Crippen LogP contribution in [0.5, 0.6) is 5.75 Å². The van der Waals surface area contributed by atoms with Gasteiger partial charge < -0.3 is 15.4 Å². The lowest BCUT2D eigenvalue weighted by Crippen LogP contribution is -2.34. The molecular weight excluding hydrogens is 386 g/mol. The molecule has 3 aromatic rings. The van der Waals surface area contributed by atoms with E-state index in [0.717, 1.165) is 0 Å². The van der Waals surface area contributed by atoms with E-state index in [9.17, 15) is 9.59 Å². The summed E-state index contributed by atoms with van der Waals surface area (Å²) in [5.74, 6) is 0.119. The molecule has 0 aliphatic carbocycles. The molecule has 0 fully saturated rings. The highest BCUT2D eigenvalue weighted by atomic mass is 32.1. The molecule has 0 bridgehead atoms. The summed E-state index contributed by atoms with van der Waals surface area (Å²) >= 11 is 5.21. The molecule has 0 radical (unpaired) electrons. The van der Waals surface area contributed by atoms with Gasteiger partial charge >= 0.3 is 0 Å². The average Bonchev–Trinajstić information content (AvgIpc) is 2.74. The standard InChI is InChI=1S/C22H19N3O3S/c1-28-19-12-10-16(11-13-19)21(27)25-22(29)24-18-9-5-8-17(14-18)23-20(26)15-6-3-2-4-7-15/h2-14H,1H3,(H,23,26)(H2,24,25,27,29). The molecule has 0 aromatic heterocycles. The first-order chi connectivity index (χ1) is 14.0. The molecule has 3 rings (SSSR count). The van der Waals surface area contributed by atoms with E-state index in [2.05, 4.69) is 16.0 Å². The summed E-state index contributed by atoms with van der Waals surface area (Å²) in [6, 6.07) is 22.7. The zero-order valence-electron chi connectivity index (χ0n) is 15.6. The molecule has 0 aliphatic heterocycles. The van der Waals surface area contributed by atoms with Crippen molar-refractivity contribution in [2.75, 3.05) is 17.7 Å². The number of amides is 2. The third-order valence-electron chi connectivity index (χ3n) is 3.99. The second kappa shape index (κ2) is 9.48. The second-order valence-electron chi connectivity index (χ2n) is 6.04. The fourth-order valence-corrected chi connectivity index (χ4v) is 2.76. The quantitative estimate of drug-likeness (QED) is 0.558. The number of nitrogens with one attached hydrogen (secondary N) is 3. The maximum absolute atomic E-state index is 12.3. The SMILES string of the molecule is COc1ccc(C(=O)NC(=S)Nc2cccc(NC(=O)c3ccccc3)c2)cc1. The van der Waals surface area contributed by atoms with Crippen LogP contribution in [0.1, 0.15) is 20.7 Å². The van der Waals surface area contributed by atoms with Crippen molar-refractivity contribution >= 4 is 40.5 Å². The fourth-order valence-electron chi connectivity index (χ4n) is 2.55. The maximum Gasteiger partial charge on any atom is 0.257 e. The van der Waals surface area contributed by atoms with Crippen LogP contribution in [0.4, 0.5) is 11.4 Å². The number of methoxy groups -OCH3 is 1. The van der Waals surface area contributed by atoms with E-state index in [4.69, 9.17) is 17.0 Å². The van der Waals surface area contributed by atoms with Crippen molar-refractivity contribution in [1.29, 1.82) is 0 Å². The van der Waals surface area contributed by atoms with Crippen molar-refractivity contribution in [2.24, 2.45) is 0 Å². The highest BCUT2D eigenvalue weighted by molar-refractivity contribution is 7.80. The van der Waals surface area contributed by atoms with Gasteiger partial charge in [-0.15, -0.1) is 0 Å². The molecule has 0 spiro atoms. The van der Waals surface area contributed by atoms with Gasteiger partial charge in [0.1, 0.15) is 5.75 Å². The highest BCUT2D eigenvalue weighted by Crippen LogP contribution is 2.16. The average molecular weight is 405 g/mol. The van der Waals surface area contributed by atoms with Crippen LogP contribution in [-0.2, 0) is 0 Å². The van der Waals surface area contributed by atoms with Gasteiger partial charge in [0.25, 0.3) is 11.8 Å². The zero-order chi connectivity index (χ0) is 20.6. The van der Waals surface area contributed by atoms with Crippen LogP contribution in [0.15, 0.2) is 78.9 Å². The fraction of sp³-hybridized carbons (Fsp3) is 0.0455. The van der Waals surface area contributed by atoms with E-state index in [-0.39, 0.29) is 16.9 Å². The molecule has 0 saturated carbocycles. The molecule has 0 unspecified atom stereocenters. The largest absolute Gasteiger partial charge is 0.497 e. The number of hydrogen-bond acceptors (Lipinski definition) is 4. The Morgan fingerprint density at radius 2 is 1.38 bits per heavy atom. The molecule has 0 aliphatic rings. The first-order valence-electron chi connectivity index (χ1n) is 8.78. The summed E-state index contributed by atoms with van der Waals surface area (Å²) < 4.78 is 5.08. The summed E-state index contributed by atoms with van der Waals surface area (Å²) in [6.45, 7) is 0. The van der Waals surface area contributed by atoms with Crippen LogP contribution >= 0.6 is 12.2 Å². The Hall–Kier alpha value is -3.71. The van der Waals surface area contributed by atoms with Crippen molar-refractivity contribution in [3.05, 3.63) is 90.0 Å². The molecule has 7 heteroatoms. The Labute approximate surface area is 173 Å². The number of ether oxygens (including phenoxy) is 1. The summed E-state index contributed by atoms with van der Waals surface area (Å²) in [4.78, 5) is 24.6. The maximum atomic E-state index is 12.3. The van der Waals surface area contributed by atoms with Gasteiger partial charge in [0.2, 0.25) is 0 Å². The van der Waals surface area contributed by atoms with Gasteiger partial charge in [-0.25, -0.2) is 0 Å². The first kappa shape index (κ1) is 20.0. The van der Waals surface area contributed by atoms with Gasteiger partial charge in [0, 0.05) is 22.5 Å². The van der Waals surface area contributed by atoms with E-state index in [1.807, 2.05) is 6.07 Å². The number of rotatable bonds is 5. The second-order valence-corrected chi connectivity index (χ2v) is 6.45. The number of carbonyl (C=O) groups is 2. The van der Waals surface area contributed by atoms with Gasteiger partial charge in [0.15, 0.2) is 5.11 Å². The molecule has 2 amide bonds. The Balaban J connectivity index is 1.59. The Morgan fingerprint density at radius 3 is 2.03 bits per heavy atom. The minimum atomic E-state index is -0.335. The lowest BCUT2D eigenvalue weighted by molar-refractivity contribution is 0.0976. The molecule has 146 valence electrons. The normalized spacial score (nSPS) is 9.97. The highest BCUT2D eigenvalue weighted by Gasteiger charge is 2.09. The van der Waals surface area contributed by atoms with Crippen LogP contribution in [0.25, 0.3) is 0 Å². The number of anilines is 2. The molecule has 0 saturated heterocycles. The topological polar surface area (TPSA) is 79.5 Å². The predicted molar refractivity (Wildman–Crippen MR) is 118 cm³/mol. The van der Waals surface area contributed by atoms with Crippen molar-refractivity contribution < 1.29 is 14.3 Å². The van der Waals surface area contributed by atoms with E-state index >= 15 is 0 Å². The number of thiocarbonyl (C=S) groups is 1. The molecular formula is C22H19N3O3S. The van der Waals surface area contributed by atoms with Crippen molar-refractivity contribution in [3.63, 3.8) is 0 Å². The van der Waals surface area contributed by atoms with Gasteiger partial charge in [-0.1, -0.05) is 24.3 Å². The monoisotopic (exact) mass is 405 g/mol. The Kier molecular flexibility index (Phi) is 6.55. The van der Waals surface area contributed by atoms with Crippen LogP contribution in [0.2, 0.25) is 0 Å². The Morgan fingerprint density at radius 1 is 0.759 bits per heavy atom. The van der Waals surface area contributed by atoms with Crippen LogP contribution in [0, 0.1) is 0 Å². The van der Waals surface area contributed by atoms with E-state index < -0.39 is 0 Å². The third-order valence-corrected chi connectivity index (χ3v) is 4.20. The lowest BCUT2D eigenvalue weighted by Gasteiger charge is -2.11. The molecule has 0 atom stereocenters. The Bertz CT molecular complexity index is 1020. The van der Waals surface area contributed by atoms with Crippen LogP contribution < -0.4 is 20.7 Å². The number of carbonyl (C=O) groups excluding carboxylic acids is 2. The van der Waals surface area contributed by atoms with E-state index in [1.165, 1.54) is 0 Å². The summed E-state index contributed by atoms with van der Waals surface area (Å²) in [5.41, 5.74) is 2.26. The van der Waals surface area contributed by atoms with Gasteiger partial charge in [-0.05, 0) is 66.8 Å². The summed E-state index contributed by atoms with van der Waals surface area (Å²) in [5, 5.41) is 8.54. The minimum absolute atomic E-state index is 0.150. The van der Waals surface area contributed by atoms with Crippen molar-refractivity contribution in [3.8, 4) is 5.75 Å². The van der Waals surface area contributed by atoms with E-state index in [0.29, 0.717) is 28.3 Å². The molecule has 3 N–H and O–H groups in total. The molecule has 3 aromatic carbocycles. The zero-order valence-corrected chi connectivity index (χ0v) is 16.5. The minimum Gasteiger partial charge on any atom is -0.497 e.